The fraction of sp³-hybridized carbons (Fsp3) is 0.714. The van der Waals surface area contributed by atoms with Crippen molar-refractivity contribution in [1.29, 1.82) is 0 Å². The third kappa shape index (κ3) is 2.33. The van der Waals surface area contributed by atoms with Gasteiger partial charge in [-0.15, -0.1) is 0 Å². The molecule has 0 amide bonds. The maximum absolute atomic E-state index is 5.42. The molecule has 1 heterocycles. The monoisotopic (exact) mass is 142 g/mol. The number of rotatable bonds is 1. The molecule has 0 spiro atoms. The van der Waals surface area contributed by atoms with Crippen LogP contribution in [0.15, 0.2) is 12.2 Å². The van der Waals surface area contributed by atoms with Gasteiger partial charge in [0.1, 0.15) is 0 Å². The van der Waals surface area contributed by atoms with Gasteiger partial charge in [-0.2, -0.15) is 0 Å². The molecule has 9 heavy (non-hydrogen) atoms. The Morgan fingerprint density at radius 3 is 3.11 bits per heavy atom. The van der Waals surface area contributed by atoms with Crippen LogP contribution in [0.1, 0.15) is 19.8 Å². The highest BCUT2D eigenvalue weighted by Gasteiger charge is 2.09. The Morgan fingerprint density at radius 2 is 2.56 bits per heavy atom. The molecule has 1 aliphatic heterocycles. The summed E-state index contributed by atoms with van der Waals surface area (Å²) in [6, 6.07) is 0. The van der Waals surface area contributed by atoms with Crippen LogP contribution >= 0.6 is 0 Å². The minimum Gasteiger partial charge on any atom is -0.423 e. The van der Waals surface area contributed by atoms with Gasteiger partial charge in [0.15, 0.2) is 9.76 Å². The second kappa shape index (κ2) is 3.85. The predicted octanol–water partition coefficient (Wildman–Crippen LogP) is 1.25. The average Bonchev–Trinajstić information content (AvgIpc) is 1.91. The van der Waals surface area contributed by atoms with E-state index in [9.17, 15) is 0 Å². The molecule has 1 atom stereocenters. The smallest absolute Gasteiger partial charge is 0.168 e. The predicted molar refractivity (Wildman–Crippen MR) is 42.3 cm³/mol. The van der Waals surface area contributed by atoms with Crippen LogP contribution < -0.4 is 0 Å². The van der Waals surface area contributed by atoms with Gasteiger partial charge in [-0.05, 0) is 25.3 Å². The van der Waals surface area contributed by atoms with E-state index in [1.807, 2.05) is 0 Å². The van der Waals surface area contributed by atoms with Gasteiger partial charge in [0.05, 0.1) is 0 Å². The lowest BCUT2D eigenvalue weighted by Gasteiger charge is -2.17. The van der Waals surface area contributed by atoms with Crippen LogP contribution in [0, 0.1) is 0 Å². The van der Waals surface area contributed by atoms with Crippen molar-refractivity contribution >= 4 is 9.76 Å². The fourth-order valence-corrected chi connectivity index (χ4v) is 2.70. The highest BCUT2D eigenvalue weighted by Crippen LogP contribution is 2.18. The topological polar surface area (TPSA) is 9.23 Å². The number of hydrogen-bond acceptors (Lipinski definition) is 1. The van der Waals surface area contributed by atoms with Crippen LogP contribution in [0.5, 0.6) is 0 Å². The largest absolute Gasteiger partial charge is 0.423 e. The van der Waals surface area contributed by atoms with Crippen molar-refractivity contribution in [3.05, 3.63) is 12.2 Å². The van der Waals surface area contributed by atoms with Gasteiger partial charge >= 0.3 is 0 Å². The lowest BCUT2D eigenvalue weighted by molar-refractivity contribution is 0.294. The molecule has 0 saturated carbocycles. The highest BCUT2D eigenvalue weighted by atomic mass is 28.2. The van der Waals surface area contributed by atoms with Gasteiger partial charge in [0.25, 0.3) is 0 Å². The van der Waals surface area contributed by atoms with Gasteiger partial charge in [-0.25, -0.2) is 0 Å². The first-order chi connectivity index (χ1) is 4.43. The summed E-state index contributed by atoms with van der Waals surface area (Å²) in [7, 11) is -0.175. The Kier molecular flexibility index (Phi) is 3.01. The van der Waals surface area contributed by atoms with Crippen LogP contribution in [-0.2, 0) is 4.43 Å². The summed E-state index contributed by atoms with van der Waals surface area (Å²) in [6.07, 6.45) is 7.08. The normalized spacial score (nSPS) is 31.9. The summed E-state index contributed by atoms with van der Waals surface area (Å²) in [5.74, 6) is 0. The van der Waals surface area contributed by atoms with Crippen molar-refractivity contribution in [2.24, 2.45) is 0 Å². The molecule has 0 radical (unpaired) electrons. The average molecular weight is 142 g/mol. The zero-order valence-electron chi connectivity index (χ0n) is 5.97. The quantitative estimate of drug-likeness (QED) is 0.395. The van der Waals surface area contributed by atoms with Crippen molar-refractivity contribution < 1.29 is 4.43 Å². The maximum atomic E-state index is 5.42. The molecule has 1 rings (SSSR count). The van der Waals surface area contributed by atoms with Gasteiger partial charge in [-0.1, -0.05) is 12.2 Å². The van der Waals surface area contributed by atoms with Crippen molar-refractivity contribution in [3.63, 3.8) is 0 Å². The molecule has 1 unspecified atom stereocenters. The van der Waals surface area contributed by atoms with Gasteiger partial charge in [0, 0.05) is 6.61 Å². The first kappa shape index (κ1) is 7.03. The second-order valence-corrected chi connectivity index (χ2v) is 4.29. The molecule has 1 nitrogen and oxygen atoms in total. The standard InChI is InChI=1S/C7H14OSi/c1-2-4-7-5-3-6-8-9-7/h2,4,7H,3,5-6,9H2,1H3. The SMILES string of the molecule is CC=CC1CCCO[SiH2]1. The summed E-state index contributed by atoms with van der Waals surface area (Å²) in [4.78, 5) is 0. The lowest BCUT2D eigenvalue weighted by Crippen LogP contribution is -2.14. The highest BCUT2D eigenvalue weighted by molar-refractivity contribution is 6.30. The van der Waals surface area contributed by atoms with Gasteiger partial charge < -0.3 is 4.43 Å². The molecule has 0 aliphatic carbocycles. The van der Waals surface area contributed by atoms with E-state index in [4.69, 9.17) is 4.43 Å². The second-order valence-electron chi connectivity index (χ2n) is 2.50. The van der Waals surface area contributed by atoms with Crippen molar-refractivity contribution in [2.75, 3.05) is 6.61 Å². The molecule has 0 aromatic carbocycles. The molecule has 0 N–H and O–H groups in total. The Bertz CT molecular complexity index is 95.1. The van der Waals surface area contributed by atoms with Crippen LogP contribution in [0.25, 0.3) is 0 Å². The van der Waals surface area contributed by atoms with Crippen molar-refractivity contribution in [1.82, 2.24) is 0 Å². The lowest BCUT2D eigenvalue weighted by atomic mass is 10.2. The first-order valence-corrected chi connectivity index (χ1v) is 5.03. The molecular formula is C7H14OSi. The summed E-state index contributed by atoms with van der Waals surface area (Å²) in [6.45, 7) is 3.11. The van der Waals surface area contributed by atoms with Crippen molar-refractivity contribution in [2.45, 2.75) is 25.3 Å². The molecule has 2 heteroatoms. The molecule has 0 aromatic heterocycles. The van der Waals surface area contributed by atoms with E-state index in [0.717, 1.165) is 12.1 Å². The van der Waals surface area contributed by atoms with E-state index in [0.29, 0.717) is 0 Å². The Balaban J connectivity index is 2.23. The van der Waals surface area contributed by atoms with Crippen molar-refractivity contribution in [3.8, 4) is 0 Å². The molecule has 1 saturated heterocycles. The van der Waals surface area contributed by atoms with E-state index in [1.54, 1.807) is 0 Å². The van der Waals surface area contributed by atoms with E-state index >= 15 is 0 Å². The summed E-state index contributed by atoms with van der Waals surface area (Å²) >= 11 is 0. The van der Waals surface area contributed by atoms with Gasteiger partial charge in [0.2, 0.25) is 0 Å². The number of allylic oxidation sites excluding steroid dienone is 2. The zero-order valence-corrected chi connectivity index (χ0v) is 7.38. The Morgan fingerprint density at radius 1 is 1.67 bits per heavy atom. The van der Waals surface area contributed by atoms with E-state index < -0.39 is 0 Å². The third-order valence-corrected chi connectivity index (χ3v) is 3.29. The molecule has 52 valence electrons. The van der Waals surface area contributed by atoms with Crippen LogP contribution in [-0.4, -0.2) is 16.4 Å². The van der Waals surface area contributed by atoms with E-state index in [-0.39, 0.29) is 9.76 Å². The fourth-order valence-electron chi connectivity index (χ4n) is 1.19. The van der Waals surface area contributed by atoms with Crippen LogP contribution in [0.4, 0.5) is 0 Å². The number of hydrogen-bond donors (Lipinski definition) is 0. The van der Waals surface area contributed by atoms with Crippen LogP contribution in [0.3, 0.4) is 0 Å². The van der Waals surface area contributed by atoms with Gasteiger partial charge in [-0.3, -0.25) is 0 Å². The molecule has 0 aromatic rings. The molecule has 0 bridgehead atoms. The first-order valence-electron chi connectivity index (χ1n) is 3.64. The van der Waals surface area contributed by atoms with Crippen LogP contribution in [0.2, 0.25) is 5.54 Å². The Hall–Kier alpha value is -0.0831. The maximum Gasteiger partial charge on any atom is 0.168 e. The van der Waals surface area contributed by atoms with E-state index in [1.165, 1.54) is 12.8 Å². The molecule has 1 fully saturated rings. The third-order valence-electron chi connectivity index (χ3n) is 1.66. The summed E-state index contributed by atoms with van der Waals surface area (Å²) in [5.41, 5.74) is 0.837. The summed E-state index contributed by atoms with van der Waals surface area (Å²) in [5, 5.41) is 0. The Labute approximate surface area is 59.0 Å². The minimum absolute atomic E-state index is 0.175. The minimum atomic E-state index is -0.175. The summed E-state index contributed by atoms with van der Waals surface area (Å²) < 4.78 is 5.42. The molecule has 1 aliphatic rings. The zero-order chi connectivity index (χ0) is 6.53. The molecular weight excluding hydrogens is 128 g/mol. The van der Waals surface area contributed by atoms with E-state index in [2.05, 4.69) is 19.1 Å².